The molecule has 3 aromatic carbocycles. The number of aryl methyl sites for hydroxylation is 1. The van der Waals surface area contributed by atoms with Crippen molar-refractivity contribution in [3.63, 3.8) is 0 Å². The van der Waals surface area contributed by atoms with Crippen molar-refractivity contribution >= 4 is 16.6 Å². The maximum Gasteiger partial charge on any atom is 0.142 e. The van der Waals surface area contributed by atoms with Crippen LogP contribution in [0.4, 0.5) is 5.82 Å². The Labute approximate surface area is 182 Å². The lowest BCUT2D eigenvalue weighted by atomic mass is 9.87. The van der Waals surface area contributed by atoms with Crippen molar-refractivity contribution in [2.24, 2.45) is 5.92 Å². The van der Waals surface area contributed by atoms with Gasteiger partial charge in [-0.25, -0.2) is 4.98 Å². The molecule has 154 valence electrons. The summed E-state index contributed by atoms with van der Waals surface area (Å²) in [6, 6.07) is 24.5. The number of nitriles is 1. The maximum absolute atomic E-state index is 10.0. The molecule has 1 heterocycles. The number of fused-ring (bicyclic) bond motifs is 1. The average molecular weight is 408 g/mol. The fourth-order valence-corrected chi connectivity index (χ4v) is 3.94. The Bertz CT molecular complexity index is 1290. The second kappa shape index (κ2) is 8.49. The minimum Gasteiger partial charge on any atom is -0.493 e. The monoisotopic (exact) mass is 407 g/mol. The van der Waals surface area contributed by atoms with Crippen molar-refractivity contribution in [1.82, 2.24) is 4.98 Å². The lowest BCUT2D eigenvalue weighted by Crippen LogP contribution is -2.06. The third kappa shape index (κ3) is 3.83. The van der Waals surface area contributed by atoms with Gasteiger partial charge in [0.25, 0.3) is 0 Å². The van der Waals surface area contributed by atoms with E-state index in [0.29, 0.717) is 18.1 Å². The fourth-order valence-electron chi connectivity index (χ4n) is 3.94. The molecule has 0 saturated carbocycles. The first-order valence-corrected chi connectivity index (χ1v) is 10.4. The summed E-state index contributed by atoms with van der Waals surface area (Å²) in [5, 5.41) is 12.0. The van der Waals surface area contributed by atoms with Gasteiger partial charge in [-0.3, -0.25) is 0 Å². The number of hydrogen-bond donors (Lipinski definition) is 1. The van der Waals surface area contributed by atoms with Crippen LogP contribution in [0.1, 0.15) is 25.1 Å². The van der Waals surface area contributed by atoms with Crippen LogP contribution in [-0.2, 0) is 0 Å². The van der Waals surface area contributed by atoms with Crippen LogP contribution in [0, 0.1) is 24.2 Å². The zero-order valence-electron chi connectivity index (χ0n) is 18.0. The van der Waals surface area contributed by atoms with Crippen LogP contribution in [0.15, 0.2) is 66.7 Å². The van der Waals surface area contributed by atoms with Gasteiger partial charge in [-0.15, -0.1) is 0 Å². The number of nitrogen functional groups attached to an aromatic ring is 1. The first-order chi connectivity index (χ1) is 15.0. The quantitative estimate of drug-likeness (QED) is 0.417. The fraction of sp³-hybridized carbons (Fsp3) is 0.185. The smallest absolute Gasteiger partial charge is 0.142 e. The third-order valence-electron chi connectivity index (χ3n) is 5.31. The molecule has 0 unspecified atom stereocenters. The molecule has 0 amide bonds. The number of rotatable bonds is 5. The molecule has 0 saturated heterocycles. The third-order valence-corrected chi connectivity index (χ3v) is 5.31. The van der Waals surface area contributed by atoms with Crippen LogP contribution in [0.5, 0.6) is 5.75 Å². The van der Waals surface area contributed by atoms with E-state index in [1.807, 2.05) is 61.5 Å². The van der Waals surface area contributed by atoms with Gasteiger partial charge >= 0.3 is 0 Å². The molecule has 0 aliphatic rings. The highest BCUT2D eigenvalue weighted by Crippen LogP contribution is 2.43. The number of benzene rings is 3. The van der Waals surface area contributed by atoms with Crippen LogP contribution in [0.25, 0.3) is 33.0 Å². The molecule has 0 aliphatic carbocycles. The Morgan fingerprint density at radius 3 is 2.29 bits per heavy atom. The average Bonchev–Trinajstić information content (AvgIpc) is 2.77. The largest absolute Gasteiger partial charge is 0.493 e. The molecule has 4 heteroatoms. The molecule has 0 aliphatic heterocycles. The van der Waals surface area contributed by atoms with E-state index in [9.17, 15) is 5.26 Å². The van der Waals surface area contributed by atoms with E-state index < -0.39 is 0 Å². The molecule has 0 fully saturated rings. The van der Waals surface area contributed by atoms with E-state index in [0.717, 1.165) is 44.5 Å². The standard InChI is InChI=1S/C27H25N3O/c1-17(2)16-31-24-14-13-22(20-11-7-8-12-21(20)24)26-23(15-28)27(29)30-18(3)25(26)19-9-5-4-6-10-19/h4-14,17H,16H2,1-3H3,(H2,29,30). The Balaban J connectivity index is 2.05. The Hall–Kier alpha value is -3.84. The van der Waals surface area contributed by atoms with Crippen LogP contribution >= 0.6 is 0 Å². The summed E-state index contributed by atoms with van der Waals surface area (Å²) >= 11 is 0. The van der Waals surface area contributed by atoms with Gasteiger partial charge in [-0.1, -0.05) is 68.4 Å². The molecule has 4 aromatic rings. The van der Waals surface area contributed by atoms with Crippen molar-refractivity contribution in [2.45, 2.75) is 20.8 Å². The van der Waals surface area contributed by atoms with Crippen molar-refractivity contribution in [2.75, 3.05) is 12.3 Å². The van der Waals surface area contributed by atoms with Gasteiger partial charge in [0.15, 0.2) is 0 Å². The molecule has 4 rings (SSSR count). The number of nitrogens with two attached hydrogens (primary N) is 1. The Morgan fingerprint density at radius 2 is 1.61 bits per heavy atom. The Morgan fingerprint density at radius 1 is 0.935 bits per heavy atom. The molecule has 0 atom stereocenters. The molecule has 4 nitrogen and oxygen atoms in total. The lowest BCUT2D eigenvalue weighted by Gasteiger charge is -2.19. The van der Waals surface area contributed by atoms with Gasteiger partial charge in [-0.2, -0.15) is 5.26 Å². The first-order valence-electron chi connectivity index (χ1n) is 10.4. The molecule has 0 bridgehead atoms. The van der Waals surface area contributed by atoms with Gasteiger partial charge < -0.3 is 10.5 Å². The summed E-state index contributed by atoms with van der Waals surface area (Å²) in [7, 11) is 0. The van der Waals surface area contributed by atoms with Crippen LogP contribution < -0.4 is 10.5 Å². The SMILES string of the molecule is Cc1nc(N)c(C#N)c(-c2ccc(OCC(C)C)c3ccccc23)c1-c1ccccc1. The van der Waals surface area contributed by atoms with Gasteiger partial charge in [0.05, 0.1) is 6.61 Å². The number of nitrogens with zero attached hydrogens (tertiary/aromatic N) is 2. The van der Waals surface area contributed by atoms with Crippen molar-refractivity contribution in [3.05, 3.63) is 78.0 Å². The molecule has 2 N–H and O–H groups in total. The maximum atomic E-state index is 10.0. The number of aromatic nitrogens is 1. The molecule has 0 spiro atoms. The minimum absolute atomic E-state index is 0.249. The molecular formula is C27H25N3O. The first kappa shape index (κ1) is 20.4. The summed E-state index contributed by atoms with van der Waals surface area (Å²) in [6.07, 6.45) is 0. The summed E-state index contributed by atoms with van der Waals surface area (Å²) in [6.45, 7) is 6.84. The van der Waals surface area contributed by atoms with Gasteiger partial charge in [0.2, 0.25) is 0 Å². The van der Waals surface area contributed by atoms with Crippen molar-refractivity contribution in [1.29, 1.82) is 5.26 Å². The molecule has 31 heavy (non-hydrogen) atoms. The second-order valence-corrected chi connectivity index (χ2v) is 8.05. The lowest BCUT2D eigenvalue weighted by molar-refractivity contribution is 0.274. The van der Waals surface area contributed by atoms with E-state index in [1.165, 1.54) is 0 Å². The van der Waals surface area contributed by atoms with E-state index >= 15 is 0 Å². The normalized spacial score (nSPS) is 10.9. The molecule has 1 aromatic heterocycles. The molecular weight excluding hydrogens is 382 g/mol. The van der Waals surface area contributed by atoms with Gasteiger partial charge in [-0.05, 0) is 41.5 Å². The highest BCUT2D eigenvalue weighted by atomic mass is 16.5. The van der Waals surface area contributed by atoms with Gasteiger partial charge in [0, 0.05) is 22.2 Å². The highest BCUT2D eigenvalue weighted by Gasteiger charge is 2.21. The van der Waals surface area contributed by atoms with Gasteiger partial charge in [0.1, 0.15) is 23.2 Å². The van der Waals surface area contributed by atoms with Crippen LogP contribution in [0.2, 0.25) is 0 Å². The zero-order chi connectivity index (χ0) is 22.0. The predicted molar refractivity (Wildman–Crippen MR) is 127 cm³/mol. The Kier molecular flexibility index (Phi) is 5.60. The molecule has 0 radical (unpaired) electrons. The number of anilines is 1. The second-order valence-electron chi connectivity index (χ2n) is 8.05. The van der Waals surface area contributed by atoms with E-state index in [2.05, 4.69) is 37.0 Å². The van der Waals surface area contributed by atoms with Crippen molar-refractivity contribution < 1.29 is 4.74 Å². The van der Waals surface area contributed by atoms with Crippen LogP contribution in [-0.4, -0.2) is 11.6 Å². The van der Waals surface area contributed by atoms with Crippen molar-refractivity contribution in [3.8, 4) is 34.1 Å². The summed E-state index contributed by atoms with van der Waals surface area (Å²) in [4.78, 5) is 4.48. The number of hydrogen-bond acceptors (Lipinski definition) is 4. The van der Waals surface area contributed by atoms with Crippen LogP contribution in [0.3, 0.4) is 0 Å². The predicted octanol–water partition coefficient (Wildman–Crippen LogP) is 6.37. The van der Waals surface area contributed by atoms with E-state index in [4.69, 9.17) is 10.5 Å². The number of ether oxygens (including phenoxy) is 1. The van der Waals surface area contributed by atoms with E-state index in [-0.39, 0.29) is 5.82 Å². The summed E-state index contributed by atoms with van der Waals surface area (Å²) in [5.74, 6) is 1.52. The highest BCUT2D eigenvalue weighted by molar-refractivity contribution is 6.05. The minimum atomic E-state index is 0.249. The zero-order valence-corrected chi connectivity index (χ0v) is 18.0. The summed E-state index contributed by atoms with van der Waals surface area (Å²) < 4.78 is 6.09. The van der Waals surface area contributed by atoms with E-state index in [1.54, 1.807) is 0 Å². The number of pyridine rings is 1. The summed E-state index contributed by atoms with van der Waals surface area (Å²) in [5.41, 5.74) is 11.1. The topological polar surface area (TPSA) is 71.9 Å².